The SMILES string of the molecule is CCOC(=O)c1ccc2c(c1)OCc1ccc(C3=CCN(C(=O)OC(C)(C)C)C3)cc1-2. The van der Waals surface area contributed by atoms with Crippen molar-refractivity contribution in [1.82, 2.24) is 4.90 Å². The average Bonchev–Trinajstić information content (AvgIpc) is 3.22. The molecule has 2 heterocycles. The van der Waals surface area contributed by atoms with Gasteiger partial charge in [0.05, 0.1) is 12.2 Å². The molecule has 2 aromatic carbocycles. The molecule has 2 aromatic rings. The van der Waals surface area contributed by atoms with Gasteiger partial charge in [-0.15, -0.1) is 0 Å². The predicted molar refractivity (Wildman–Crippen MR) is 118 cm³/mol. The highest BCUT2D eigenvalue weighted by atomic mass is 16.6. The molecule has 0 spiro atoms. The van der Waals surface area contributed by atoms with Crippen LogP contribution in [-0.4, -0.2) is 42.3 Å². The van der Waals surface area contributed by atoms with Gasteiger partial charge < -0.3 is 19.1 Å². The number of fused-ring (bicyclic) bond motifs is 3. The van der Waals surface area contributed by atoms with Crippen LogP contribution in [0.5, 0.6) is 5.75 Å². The van der Waals surface area contributed by atoms with Gasteiger partial charge in [0, 0.05) is 18.7 Å². The number of esters is 1. The summed E-state index contributed by atoms with van der Waals surface area (Å²) < 4.78 is 16.5. The van der Waals surface area contributed by atoms with Gasteiger partial charge in [0.2, 0.25) is 0 Å². The monoisotopic (exact) mass is 421 g/mol. The van der Waals surface area contributed by atoms with E-state index >= 15 is 0 Å². The Labute approximate surface area is 182 Å². The lowest BCUT2D eigenvalue weighted by molar-refractivity contribution is 0.0306. The van der Waals surface area contributed by atoms with Crippen LogP contribution in [0.15, 0.2) is 42.5 Å². The zero-order valence-electron chi connectivity index (χ0n) is 18.4. The maximum absolute atomic E-state index is 12.4. The molecule has 6 heteroatoms. The van der Waals surface area contributed by atoms with E-state index in [1.165, 1.54) is 0 Å². The van der Waals surface area contributed by atoms with E-state index in [0.717, 1.165) is 27.8 Å². The number of ether oxygens (including phenoxy) is 3. The maximum atomic E-state index is 12.4. The van der Waals surface area contributed by atoms with Crippen molar-refractivity contribution in [2.24, 2.45) is 0 Å². The van der Waals surface area contributed by atoms with Gasteiger partial charge in [0.15, 0.2) is 0 Å². The molecule has 0 radical (unpaired) electrons. The van der Waals surface area contributed by atoms with Crippen molar-refractivity contribution < 1.29 is 23.8 Å². The Kier molecular flexibility index (Phi) is 5.48. The minimum atomic E-state index is -0.516. The third-order valence-electron chi connectivity index (χ3n) is 5.22. The normalized spacial score (nSPS) is 14.8. The number of benzene rings is 2. The molecular weight excluding hydrogens is 394 g/mol. The first-order valence-corrected chi connectivity index (χ1v) is 10.5. The third kappa shape index (κ3) is 4.43. The van der Waals surface area contributed by atoms with Crippen LogP contribution in [0, 0.1) is 0 Å². The Balaban J connectivity index is 1.57. The summed E-state index contributed by atoms with van der Waals surface area (Å²) in [4.78, 5) is 26.1. The fraction of sp³-hybridized carbons (Fsp3) is 0.360. The third-order valence-corrected chi connectivity index (χ3v) is 5.22. The number of nitrogens with zero attached hydrogens (tertiary/aromatic N) is 1. The van der Waals surface area contributed by atoms with Gasteiger partial charge in [-0.2, -0.15) is 0 Å². The molecule has 0 fully saturated rings. The van der Waals surface area contributed by atoms with Gasteiger partial charge in [-0.25, -0.2) is 9.59 Å². The zero-order valence-corrected chi connectivity index (χ0v) is 18.4. The molecule has 0 atom stereocenters. The fourth-order valence-corrected chi connectivity index (χ4v) is 3.74. The topological polar surface area (TPSA) is 65.1 Å². The summed E-state index contributed by atoms with van der Waals surface area (Å²) in [5, 5.41) is 0. The Morgan fingerprint density at radius 2 is 1.90 bits per heavy atom. The zero-order chi connectivity index (χ0) is 22.2. The van der Waals surface area contributed by atoms with Crippen LogP contribution < -0.4 is 4.74 Å². The Hall–Kier alpha value is -3.28. The number of hydrogen-bond donors (Lipinski definition) is 0. The van der Waals surface area contributed by atoms with Crippen molar-refractivity contribution in [2.45, 2.75) is 39.9 Å². The summed E-state index contributed by atoms with van der Waals surface area (Å²) in [6.45, 7) is 9.20. The summed E-state index contributed by atoms with van der Waals surface area (Å²) in [6, 6.07) is 11.7. The molecule has 2 aliphatic heterocycles. The number of amides is 1. The Morgan fingerprint density at radius 1 is 1.10 bits per heavy atom. The summed E-state index contributed by atoms with van der Waals surface area (Å²) >= 11 is 0. The van der Waals surface area contributed by atoms with Crippen molar-refractivity contribution in [3.05, 3.63) is 59.2 Å². The van der Waals surface area contributed by atoms with E-state index < -0.39 is 5.60 Å². The molecule has 2 aliphatic rings. The summed E-state index contributed by atoms with van der Waals surface area (Å²) in [6.07, 6.45) is 1.76. The molecule has 0 aliphatic carbocycles. The predicted octanol–water partition coefficient (Wildman–Crippen LogP) is 5.06. The Bertz CT molecular complexity index is 1060. The number of carbonyl (C=O) groups excluding carboxylic acids is 2. The van der Waals surface area contributed by atoms with Gasteiger partial charge in [0.25, 0.3) is 0 Å². The lowest BCUT2D eigenvalue weighted by Crippen LogP contribution is -2.35. The van der Waals surface area contributed by atoms with E-state index in [4.69, 9.17) is 14.2 Å². The standard InChI is InChI=1S/C25H27NO5/c1-5-29-23(27)17-8-9-20-21-12-16(6-7-19(21)15-30-22(20)13-17)18-10-11-26(14-18)24(28)31-25(2,3)4/h6-10,12-13H,5,11,14-15H2,1-4H3. The highest BCUT2D eigenvalue weighted by Crippen LogP contribution is 2.40. The van der Waals surface area contributed by atoms with Crippen LogP contribution in [0.2, 0.25) is 0 Å². The smallest absolute Gasteiger partial charge is 0.410 e. The van der Waals surface area contributed by atoms with E-state index in [2.05, 4.69) is 24.3 Å². The largest absolute Gasteiger partial charge is 0.488 e. The fourth-order valence-electron chi connectivity index (χ4n) is 3.74. The van der Waals surface area contributed by atoms with E-state index in [0.29, 0.717) is 37.6 Å². The first-order chi connectivity index (χ1) is 14.7. The molecular formula is C25H27NO5. The van der Waals surface area contributed by atoms with Crippen molar-refractivity contribution in [3.8, 4) is 16.9 Å². The minimum absolute atomic E-state index is 0.304. The van der Waals surface area contributed by atoms with Crippen LogP contribution >= 0.6 is 0 Å². The van der Waals surface area contributed by atoms with Gasteiger partial charge >= 0.3 is 12.1 Å². The second-order valence-corrected chi connectivity index (χ2v) is 8.68. The van der Waals surface area contributed by atoms with Crippen molar-refractivity contribution >= 4 is 17.6 Å². The van der Waals surface area contributed by atoms with E-state index in [-0.39, 0.29) is 12.1 Å². The molecule has 0 bridgehead atoms. The van der Waals surface area contributed by atoms with Gasteiger partial charge in [-0.05, 0) is 74.2 Å². The molecule has 4 rings (SSSR count). The minimum Gasteiger partial charge on any atom is -0.488 e. The van der Waals surface area contributed by atoms with E-state index in [1.54, 1.807) is 24.0 Å². The van der Waals surface area contributed by atoms with E-state index in [9.17, 15) is 9.59 Å². The molecule has 0 unspecified atom stereocenters. The second-order valence-electron chi connectivity index (χ2n) is 8.68. The summed E-state index contributed by atoms with van der Waals surface area (Å²) in [7, 11) is 0. The van der Waals surface area contributed by atoms with Crippen LogP contribution in [-0.2, 0) is 16.1 Å². The maximum Gasteiger partial charge on any atom is 0.410 e. The van der Waals surface area contributed by atoms with Crippen LogP contribution in [0.1, 0.15) is 49.2 Å². The molecule has 6 nitrogen and oxygen atoms in total. The first kappa shape index (κ1) is 21.0. The van der Waals surface area contributed by atoms with E-state index in [1.807, 2.05) is 26.8 Å². The lowest BCUT2D eigenvalue weighted by Gasteiger charge is -2.25. The van der Waals surface area contributed by atoms with Crippen molar-refractivity contribution in [1.29, 1.82) is 0 Å². The summed E-state index contributed by atoms with van der Waals surface area (Å²) in [5.41, 5.74) is 5.22. The van der Waals surface area contributed by atoms with Crippen molar-refractivity contribution in [2.75, 3.05) is 19.7 Å². The molecule has 31 heavy (non-hydrogen) atoms. The van der Waals surface area contributed by atoms with Crippen molar-refractivity contribution in [3.63, 3.8) is 0 Å². The highest BCUT2D eigenvalue weighted by Gasteiger charge is 2.27. The number of rotatable bonds is 3. The first-order valence-electron chi connectivity index (χ1n) is 10.5. The van der Waals surface area contributed by atoms with Crippen LogP contribution in [0.3, 0.4) is 0 Å². The summed E-state index contributed by atoms with van der Waals surface area (Å²) in [5.74, 6) is 0.317. The quantitative estimate of drug-likeness (QED) is 0.649. The van der Waals surface area contributed by atoms with Crippen LogP contribution in [0.25, 0.3) is 16.7 Å². The highest BCUT2D eigenvalue weighted by molar-refractivity contribution is 5.92. The van der Waals surface area contributed by atoms with Gasteiger partial charge in [0.1, 0.15) is 18.0 Å². The van der Waals surface area contributed by atoms with Gasteiger partial charge in [-0.3, -0.25) is 0 Å². The lowest BCUT2D eigenvalue weighted by atomic mass is 9.92. The second kappa shape index (κ2) is 8.10. The Morgan fingerprint density at radius 3 is 2.65 bits per heavy atom. The molecule has 0 saturated carbocycles. The molecule has 0 N–H and O–H groups in total. The average molecular weight is 421 g/mol. The number of hydrogen-bond acceptors (Lipinski definition) is 5. The molecule has 1 amide bonds. The number of carbonyl (C=O) groups is 2. The van der Waals surface area contributed by atoms with Gasteiger partial charge in [-0.1, -0.05) is 18.2 Å². The molecule has 0 aromatic heterocycles. The molecule has 0 saturated heterocycles. The molecule has 162 valence electrons. The van der Waals surface area contributed by atoms with Crippen LogP contribution in [0.4, 0.5) is 4.79 Å².